The van der Waals surface area contributed by atoms with E-state index in [0.29, 0.717) is 26.2 Å². The fraction of sp³-hybridized carbons (Fsp3) is 0.333. The van der Waals surface area contributed by atoms with Crippen molar-refractivity contribution in [3.8, 4) is 0 Å². The monoisotopic (exact) mass is 415 g/mol. The lowest BCUT2D eigenvalue weighted by atomic mass is 10.3. The molecule has 0 atom stereocenters. The van der Waals surface area contributed by atoms with Crippen LogP contribution in [0, 0.1) is 0 Å². The highest BCUT2D eigenvalue weighted by Crippen LogP contribution is 2.12. The van der Waals surface area contributed by atoms with Crippen molar-refractivity contribution >= 4 is 23.2 Å². The second-order valence-electron chi connectivity index (χ2n) is 6.57. The summed E-state index contributed by atoms with van der Waals surface area (Å²) < 4.78 is 10.8. The summed E-state index contributed by atoms with van der Waals surface area (Å²) >= 11 is 1.59. The van der Waals surface area contributed by atoms with Crippen molar-refractivity contribution in [3.63, 3.8) is 0 Å². The highest BCUT2D eigenvalue weighted by Gasteiger charge is 2.20. The van der Waals surface area contributed by atoms with Crippen molar-refractivity contribution in [1.29, 1.82) is 0 Å². The fourth-order valence-electron chi connectivity index (χ4n) is 2.91. The zero-order valence-corrected chi connectivity index (χ0v) is 17.2. The summed E-state index contributed by atoms with van der Waals surface area (Å²) in [5, 5.41) is 4.83. The number of nitrogens with one attached hydrogen (secondary N) is 1. The van der Waals surface area contributed by atoms with E-state index < -0.39 is 0 Å². The Hall–Kier alpha value is -2.84. The molecule has 0 radical (unpaired) electrons. The van der Waals surface area contributed by atoms with Gasteiger partial charge in [0.2, 0.25) is 11.8 Å². The molecule has 0 fully saturated rings. The molecule has 3 aromatic rings. The number of nitrogens with zero attached hydrogens (tertiary/aromatic N) is 2. The first kappa shape index (κ1) is 20.9. The lowest BCUT2D eigenvalue weighted by Crippen LogP contribution is -2.44. The van der Waals surface area contributed by atoms with Gasteiger partial charge in [0.15, 0.2) is 0 Å². The smallest absolute Gasteiger partial charge is 0.239 e. The molecular weight excluding hydrogens is 390 g/mol. The maximum absolute atomic E-state index is 12.9. The van der Waals surface area contributed by atoms with E-state index in [0.717, 1.165) is 16.4 Å². The van der Waals surface area contributed by atoms with E-state index in [-0.39, 0.29) is 24.9 Å². The van der Waals surface area contributed by atoms with Crippen LogP contribution in [0.25, 0.3) is 0 Å². The number of thiophene rings is 1. The summed E-state index contributed by atoms with van der Waals surface area (Å²) in [6.45, 7) is 3.95. The van der Waals surface area contributed by atoms with Crippen LogP contribution < -0.4 is 5.32 Å². The Balaban J connectivity index is 1.55. The number of hydrogen-bond donors (Lipinski definition) is 1. The molecule has 3 rings (SSSR count). The second-order valence-corrected chi connectivity index (χ2v) is 7.60. The number of carbonyl (C=O) groups is 2. The minimum absolute atomic E-state index is 0.0378. The van der Waals surface area contributed by atoms with Gasteiger partial charge in [0, 0.05) is 11.4 Å². The van der Waals surface area contributed by atoms with E-state index >= 15 is 0 Å². The molecule has 0 bridgehead atoms. The predicted octanol–water partition coefficient (Wildman–Crippen LogP) is 3.10. The van der Waals surface area contributed by atoms with E-state index in [1.807, 2.05) is 53.6 Å². The van der Waals surface area contributed by atoms with Crippen molar-refractivity contribution in [2.24, 2.45) is 0 Å². The third-order valence-corrected chi connectivity index (χ3v) is 5.26. The first-order valence-corrected chi connectivity index (χ1v) is 10.4. The van der Waals surface area contributed by atoms with E-state index in [1.54, 1.807) is 28.8 Å². The van der Waals surface area contributed by atoms with Gasteiger partial charge < -0.3 is 19.1 Å². The van der Waals surface area contributed by atoms with E-state index in [9.17, 15) is 9.59 Å². The Labute approximate surface area is 173 Å². The van der Waals surface area contributed by atoms with Gasteiger partial charge in [-0.25, -0.2) is 0 Å². The van der Waals surface area contributed by atoms with Gasteiger partial charge in [0.1, 0.15) is 11.5 Å². The summed E-state index contributed by atoms with van der Waals surface area (Å²) in [6, 6.07) is 11.3. The normalized spacial score (nSPS) is 11.0. The second kappa shape index (κ2) is 10.6. The Bertz CT molecular complexity index is 824. The Morgan fingerprint density at radius 3 is 2.21 bits per heavy atom. The number of likely N-dealkylation sites (N-methyl/N-ethyl adjacent to an activating group) is 1. The summed E-state index contributed by atoms with van der Waals surface area (Å²) in [5.41, 5.74) is 0. The van der Waals surface area contributed by atoms with Crippen molar-refractivity contribution < 1.29 is 18.4 Å². The number of carbonyl (C=O) groups excluding carboxylic acids is 2. The van der Waals surface area contributed by atoms with Crippen LogP contribution in [0.3, 0.4) is 0 Å². The van der Waals surface area contributed by atoms with Gasteiger partial charge >= 0.3 is 0 Å². The van der Waals surface area contributed by atoms with Gasteiger partial charge in [0.05, 0.1) is 45.3 Å². The quantitative estimate of drug-likeness (QED) is 0.521. The molecule has 2 amide bonds. The molecule has 3 aromatic heterocycles. The molecule has 0 aromatic carbocycles. The highest BCUT2D eigenvalue weighted by atomic mass is 32.1. The summed E-state index contributed by atoms with van der Waals surface area (Å²) in [4.78, 5) is 29.7. The van der Waals surface area contributed by atoms with E-state index in [4.69, 9.17) is 8.83 Å². The molecule has 0 aliphatic carbocycles. The van der Waals surface area contributed by atoms with Gasteiger partial charge in [0.25, 0.3) is 0 Å². The molecule has 3 heterocycles. The standard InChI is InChI=1S/C21H25N3O4S/c1-2-24(15-20(25)22-12-19-8-5-11-29-19)21(26)16-23(13-17-6-3-9-27-17)14-18-7-4-10-28-18/h3-11H,2,12-16H2,1H3,(H,22,25). The molecule has 0 unspecified atom stereocenters. The van der Waals surface area contributed by atoms with Crippen LogP contribution in [-0.2, 0) is 29.2 Å². The third kappa shape index (κ3) is 6.62. The third-order valence-electron chi connectivity index (χ3n) is 4.39. The van der Waals surface area contributed by atoms with Crippen LogP contribution in [0.15, 0.2) is 63.1 Å². The SMILES string of the molecule is CCN(CC(=O)NCc1cccs1)C(=O)CN(Cc1ccco1)Cc1ccco1. The number of rotatable bonds is 11. The van der Waals surface area contributed by atoms with Crippen LogP contribution >= 0.6 is 11.3 Å². The largest absolute Gasteiger partial charge is 0.468 e. The lowest BCUT2D eigenvalue weighted by molar-refractivity contribution is -0.137. The summed E-state index contributed by atoms with van der Waals surface area (Å²) in [7, 11) is 0. The zero-order chi connectivity index (χ0) is 20.5. The van der Waals surface area contributed by atoms with Gasteiger partial charge in [-0.3, -0.25) is 14.5 Å². The van der Waals surface area contributed by atoms with Crippen molar-refractivity contribution in [3.05, 3.63) is 70.7 Å². The lowest BCUT2D eigenvalue weighted by Gasteiger charge is -2.25. The van der Waals surface area contributed by atoms with Crippen molar-refractivity contribution in [1.82, 2.24) is 15.1 Å². The Morgan fingerprint density at radius 1 is 1.00 bits per heavy atom. The number of amides is 2. The predicted molar refractivity (Wildman–Crippen MR) is 110 cm³/mol. The van der Waals surface area contributed by atoms with Gasteiger partial charge in [-0.15, -0.1) is 11.3 Å². The first-order valence-electron chi connectivity index (χ1n) is 9.48. The molecule has 0 aliphatic heterocycles. The van der Waals surface area contributed by atoms with Crippen LogP contribution in [0.1, 0.15) is 23.3 Å². The molecule has 154 valence electrons. The average molecular weight is 416 g/mol. The Kier molecular flexibility index (Phi) is 7.66. The summed E-state index contributed by atoms with van der Waals surface area (Å²) in [5.74, 6) is 1.25. The van der Waals surface area contributed by atoms with Gasteiger partial charge in [-0.1, -0.05) is 6.07 Å². The fourth-order valence-corrected chi connectivity index (χ4v) is 3.55. The molecule has 7 nitrogen and oxygen atoms in total. The maximum Gasteiger partial charge on any atom is 0.239 e. The average Bonchev–Trinajstić information content (AvgIpc) is 3.47. The molecule has 0 spiro atoms. The highest BCUT2D eigenvalue weighted by molar-refractivity contribution is 7.09. The van der Waals surface area contributed by atoms with Gasteiger partial charge in [-0.05, 0) is 42.6 Å². The first-order chi connectivity index (χ1) is 14.1. The van der Waals surface area contributed by atoms with Crippen LogP contribution in [0.2, 0.25) is 0 Å². The minimum atomic E-state index is -0.169. The van der Waals surface area contributed by atoms with E-state index in [1.165, 1.54) is 0 Å². The summed E-state index contributed by atoms with van der Waals surface area (Å²) in [6.07, 6.45) is 3.22. The zero-order valence-electron chi connectivity index (χ0n) is 16.4. The maximum atomic E-state index is 12.9. The number of hydrogen-bond acceptors (Lipinski definition) is 6. The molecule has 0 saturated heterocycles. The van der Waals surface area contributed by atoms with Crippen LogP contribution in [-0.4, -0.2) is 41.2 Å². The molecular formula is C21H25N3O4S. The molecule has 8 heteroatoms. The molecule has 0 aliphatic rings. The molecule has 1 N–H and O–H groups in total. The van der Waals surface area contributed by atoms with Crippen molar-refractivity contribution in [2.45, 2.75) is 26.6 Å². The number of furan rings is 2. The molecule has 0 saturated carbocycles. The van der Waals surface area contributed by atoms with Gasteiger partial charge in [-0.2, -0.15) is 0 Å². The minimum Gasteiger partial charge on any atom is -0.468 e. The Morgan fingerprint density at radius 2 is 1.69 bits per heavy atom. The van der Waals surface area contributed by atoms with Crippen LogP contribution in [0.5, 0.6) is 0 Å². The van der Waals surface area contributed by atoms with Crippen LogP contribution in [0.4, 0.5) is 0 Å². The van der Waals surface area contributed by atoms with E-state index in [2.05, 4.69) is 5.32 Å². The topological polar surface area (TPSA) is 78.9 Å². The van der Waals surface area contributed by atoms with Crippen molar-refractivity contribution in [2.75, 3.05) is 19.6 Å². The molecule has 29 heavy (non-hydrogen) atoms.